The summed E-state index contributed by atoms with van der Waals surface area (Å²) in [6, 6.07) is 8.15. The van der Waals surface area contributed by atoms with E-state index in [0.717, 1.165) is 42.3 Å². The Balaban J connectivity index is 2.16. The van der Waals surface area contributed by atoms with Crippen LogP contribution in [0, 0.1) is 5.92 Å². The summed E-state index contributed by atoms with van der Waals surface area (Å²) in [5, 5.41) is 16.9. The monoisotopic (exact) mass is 256 g/mol. The number of pyridine rings is 1. The van der Waals surface area contributed by atoms with Crippen molar-refractivity contribution in [2.45, 2.75) is 25.4 Å². The van der Waals surface area contributed by atoms with Gasteiger partial charge in [-0.25, -0.2) is 0 Å². The second-order valence-corrected chi connectivity index (χ2v) is 5.39. The van der Waals surface area contributed by atoms with Crippen molar-refractivity contribution in [1.82, 2.24) is 10.3 Å². The average Bonchev–Trinajstić information content (AvgIpc) is 2.47. The largest absolute Gasteiger partial charge is 0.385 e. The van der Waals surface area contributed by atoms with Gasteiger partial charge in [0.25, 0.3) is 0 Å². The van der Waals surface area contributed by atoms with Crippen LogP contribution in [-0.2, 0) is 5.60 Å². The van der Waals surface area contributed by atoms with Gasteiger partial charge in [-0.2, -0.15) is 0 Å². The molecule has 3 nitrogen and oxygen atoms in total. The van der Waals surface area contributed by atoms with Crippen molar-refractivity contribution in [3.05, 3.63) is 42.2 Å². The average molecular weight is 256 g/mol. The van der Waals surface area contributed by atoms with Crippen LogP contribution in [0.2, 0.25) is 0 Å². The molecule has 2 heterocycles. The highest BCUT2D eigenvalue weighted by Gasteiger charge is 2.40. The molecule has 3 heteroatoms. The van der Waals surface area contributed by atoms with Crippen LogP contribution in [0.5, 0.6) is 0 Å². The van der Waals surface area contributed by atoms with Gasteiger partial charge in [0, 0.05) is 30.2 Å². The van der Waals surface area contributed by atoms with Crippen LogP contribution in [0.25, 0.3) is 10.8 Å². The Morgan fingerprint density at radius 2 is 2.32 bits per heavy atom. The molecule has 19 heavy (non-hydrogen) atoms. The maximum Gasteiger partial charge on any atom is 0.0954 e. The van der Waals surface area contributed by atoms with E-state index in [4.69, 9.17) is 0 Å². The third-order valence-electron chi connectivity index (χ3n) is 4.39. The highest BCUT2D eigenvalue weighted by molar-refractivity contribution is 5.85. The predicted molar refractivity (Wildman–Crippen MR) is 76.9 cm³/mol. The van der Waals surface area contributed by atoms with Crippen LogP contribution >= 0.6 is 0 Å². The van der Waals surface area contributed by atoms with Crippen LogP contribution in [-0.4, -0.2) is 23.2 Å². The zero-order valence-corrected chi connectivity index (χ0v) is 11.3. The number of nitrogens with one attached hydrogen (secondary N) is 1. The number of hydrogen-bond donors (Lipinski definition) is 2. The quantitative estimate of drug-likeness (QED) is 0.867. The number of aliphatic hydroxyl groups is 1. The fraction of sp³-hybridized carbons (Fsp3) is 0.438. The van der Waals surface area contributed by atoms with Crippen molar-refractivity contribution in [3.8, 4) is 0 Å². The lowest BCUT2D eigenvalue weighted by molar-refractivity contribution is -0.0465. The molecule has 1 saturated heterocycles. The topological polar surface area (TPSA) is 45.1 Å². The molecule has 0 amide bonds. The Morgan fingerprint density at radius 1 is 1.42 bits per heavy atom. The lowest BCUT2D eigenvalue weighted by Crippen LogP contribution is -2.48. The third-order valence-corrected chi connectivity index (χ3v) is 4.39. The summed E-state index contributed by atoms with van der Waals surface area (Å²) in [5.41, 5.74) is 0.335. The van der Waals surface area contributed by atoms with Gasteiger partial charge in [0.15, 0.2) is 0 Å². The highest BCUT2D eigenvalue weighted by atomic mass is 16.3. The molecule has 0 aliphatic carbocycles. The molecule has 100 valence electrons. The number of benzene rings is 1. The fourth-order valence-corrected chi connectivity index (χ4v) is 3.26. The van der Waals surface area contributed by atoms with E-state index in [1.165, 1.54) is 0 Å². The Hall–Kier alpha value is -1.45. The predicted octanol–water partition coefficient (Wildman–Crippen LogP) is 2.44. The molecule has 1 aliphatic heterocycles. The van der Waals surface area contributed by atoms with Crippen LogP contribution in [0.3, 0.4) is 0 Å². The maximum absolute atomic E-state index is 11.2. The van der Waals surface area contributed by atoms with Gasteiger partial charge >= 0.3 is 0 Å². The van der Waals surface area contributed by atoms with Crippen LogP contribution < -0.4 is 5.32 Å². The standard InChI is InChI=1S/C16H20N2O/c1-2-13-11-18-9-7-16(13,19)15-5-3-4-12-10-17-8-6-14(12)15/h3-6,8,10,13,18-19H,2,7,9,11H2,1H3. The minimum atomic E-state index is -0.721. The van der Waals surface area contributed by atoms with Crippen molar-refractivity contribution >= 4 is 10.8 Å². The first-order chi connectivity index (χ1) is 9.25. The van der Waals surface area contributed by atoms with E-state index in [0.29, 0.717) is 0 Å². The van der Waals surface area contributed by atoms with E-state index in [1.807, 2.05) is 18.3 Å². The highest BCUT2D eigenvalue weighted by Crippen LogP contribution is 2.39. The molecule has 1 fully saturated rings. The van der Waals surface area contributed by atoms with E-state index >= 15 is 0 Å². The van der Waals surface area contributed by atoms with Gasteiger partial charge in [-0.15, -0.1) is 0 Å². The number of hydrogen-bond acceptors (Lipinski definition) is 3. The number of aromatic nitrogens is 1. The van der Waals surface area contributed by atoms with Crippen molar-refractivity contribution in [3.63, 3.8) is 0 Å². The molecule has 3 rings (SSSR count). The molecular formula is C16H20N2O. The van der Waals surface area contributed by atoms with Gasteiger partial charge in [0.1, 0.15) is 0 Å². The lowest BCUT2D eigenvalue weighted by atomic mass is 9.74. The second kappa shape index (κ2) is 4.91. The van der Waals surface area contributed by atoms with E-state index in [2.05, 4.69) is 29.4 Å². The Labute approximate surface area is 113 Å². The fourth-order valence-electron chi connectivity index (χ4n) is 3.26. The van der Waals surface area contributed by atoms with Gasteiger partial charge in [-0.3, -0.25) is 4.98 Å². The minimum absolute atomic E-state index is 0.264. The third kappa shape index (κ3) is 2.03. The minimum Gasteiger partial charge on any atom is -0.385 e. The van der Waals surface area contributed by atoms with E-state index in [1.54, 1.807) is 6.20 Å². The summed E-state index contributed by atoms with van der Waals surface area (Å²) in [6.07, 6.45) is 5.42. The molecule has 1 aromatic heterocycles. The zero-order valence-electron chi connectivity index (χ0n) is 11.3. The first kappa shape index (κ1) is 12.6. The summed E-state index contributed by atoms with van der Waals surface area (Å²) >= 11 is 0. The lowest BCUT2D eigenvalue weighted by Gasteiger charge is -2.41. The normalized spacial score (nSPS) is 27.6. The van der Waals surface area contributed by atoms with Crippen LogP contribution in [0.1, 0.15) is 25.3 Å². The zero-order chi connectivity index (χ0) is 13.3. The first-order valence-electron chi connectivity index (χ1n) is 7.02. The van der Waals surface area contributed by atoms with Crippen molar-refractivity contribution in [2.24, 2.45) is 5.92 Å². The summed E-state index contributed by atoms with van der Waals surface area (Å²) < 4.78 is 0. The molecular weight excluding hydrogens is 236 g/mol. The van der Waals surface area contributed by atoms with Crippen LogP contribution in [0.4, 0.5) is 0 Å². The molecule has 2 atom stereocenters. The van der Waals surface area contributed by atoms with Gasteiger partial charge in [0.05, 0.1) is 5.60 Å². The molecule has 2 N–H and O–H groups in total. The molecule has 2 aromatic rings. The Morgan fingerprint density at radius 3 is 3.16 bits per heavy atom. The number of nitrogens with zero attached hydrogens (tertiary/aromatic N) is 1. The summed E-state index contributed by atoms with van der Waals surface area (Å²) in [7, 11) is 0. The molecule has 0 radical (unpaired) electrons. The molecule has 1 aliphatic rings. The van der Waals surface area contributed by atoms with Gasteiger partial charge < -0.3 is 10.4 Å². The van der Waals surface area contributed by atoms with Gasteiger partial charge in [-0.05, 0) is 36.4 Å². The molecule has 2 unspecified atom stereocenters. The SMILES string of the molecule is CCC1CNCCC1(O)c1cccc2cnccc12. The maximum atomic E-state index is 11.2. The molecule has 0 spiro atoms. The smallest absolute Gasteiger partial charge is 0.0954 e. The van der Waals surface area contributed by atoms with Gasteiger partial charge in [-0.1, -0.05) is 25.1 Å². The Kier molecular flexibility index (Phi) is 3.25. The van der Waals surface area contributed by atoms with Crippen molar-refractivity contribution in [2.75, 3.05) is 13.1 Å². The van der Waals surface area contributed by atoms with E-state index in [-0.39, 0.29) is 5.92 Å². The summed E-state index contributed by atoms with van der Waals surface area (Å²) in [4.78, 5) is 4.17. The van der Waals surface area contributed by atoms with E-state index < -0.39 is 5.60 Å². The molecule has 1 aromatic carbocycles. The number of piperidine rings is 1. The molecule has 0 saturated carbocycles. The Bertz CT molecular complexity index is 578. The number of rotatable bonds is 2. The second-order valence-electron chi connectivity index (χ2n) is 5.39. The molecule has 0 bridgehead atoms. The van der Waals surface area contributed by atoms with E-state index in [9.17, 15) is 5.11 Å². The van der Waals surface area contributed by atoms with Crippen molar-refractivity contribution in [1.29, 1.82) is 0 Å². The summed E-state index contributed by atoms with van der Waals surface area (Å²) in [5.74, 6) is 0.264. The summed E-state index contributed by atoms with van der Waals surface area (Å²) in [6.45, 7) is 3.90. The van der Waals surface area contributed by atoms with Crippen molar-refractivity contribution < 1.29 is 5.11 Å². The first-order valence-corrected chi connectivity index (χ1v) is 7.02. The van der Waals surface area contributed by atoms with Gasteiger partial charge in [0.2, 0.25) is 0 Å². The number of fused-ring (bicyclic) bond motifs is 1. The van der Waals surface area contributed by atoms with Crippen LogP contribution in [0.15, 0.2) is 36.7 Å².